The summed E-state index contributed by atoms with van der Waals surface area (Å²) in [5.74, 6) is 0.951. The molecule has 1 atom stereocenters. The number of rotatable bonds is 2. The van der Waals surface area contributed by atoms with Crippen LogP contribution in [0.4, 0.5) is 5.82 Å². The molecule has 1 saturated heterocycles. The maximum absolute atomic E-state index is 4.50. The fourth-order valence-corrected chi connectivity index (χ4v) is 2.03. The third kappa shape index (κ3) is 2.92. The van der Waals surface area contributed by atoms with Crippen LogP contribution < -0.4 is 10.6 Å². The highest BCUT2D eigenvalue weighted by Crippen LogP contribution is 2.15. The van der Waals surface area contributed by atoms with Gasteiger partial charge >= 0.3 is 0 Å². The predicted octanol–water partition coefficient (Wildman–Crippen LogP) is 1.65. The summed E-state index contributed by atoms with van der Waals surface area (Å²) in [6, 6.07) is 0.532. The van der Waals surface area contributed by atoms with Crippen molar-refractivity contribution in [1.82, 2.24) is 15.3 Å². The number of hydrogen-bond acceptors (Lipinski definition) is 4. The average molecular weight is 220 g/mol. The van der Waals surface area contributed by atoms with Crippen LogP contribution in [0.2, 0.25) is 0 Å². The second-order valence-corrected chi connectivity index (χ2v) is 4.47. The first-order valence-corrected chi connectivity index (χ1v) is 6.03. The van der Waals surface area contributed by atoms with Crippen molar-refractivity contribution in [3.05, 3.63) is 17.6 Å². The van der Waals surface area contributed by atoms with E-state index in [9.17, 15) is 0 Å². The van der Waals surface area contributed by atoms with Gasteiger partial charge in [-0.15, -0.1) is 0 Å². The molecule has 0 amide bonds. The Kier molecular flexibility index (Phi) is 3.72. The quantitative estimate of drug-likeness (QED) is 0.795. The molecule has 1 aromatic heterocycles. The van der Waals surface area contributed by atoms with Gasteiger partial charge in [-0.05, 0) is 46.2 Å². The van der Waals surface area contributed by atoms with Gasteiger partial charge in [-0.1, -0.05) is 0 Å². The molecule has 88 valence electrons. The van der Waals surface area contributed by atoms with Gasteiger partial charge in [0.1, 0.15) is 5.82 Å². The molecule has 1 aromatic rings. The van der Waals surface area contributed by atoms with E-state index in [4.69, 9.17) is 0 Å². The lowest BCUT2D eigenvalue weighted by Gasteiger charge is -2.17. The Bertz CT molecular complexity index is 343. The van der Waals surface area contributed by atoms with Crippen molar-refractivity contribution < 1.29 is 0 Å². The lowest BCUT2D eigenvalue weighted by atomic mass is 10.1. The molecule has 1 aliphatic heterocycles. The first kappa shape index (κ1) is 11.3. The van der Waals surface area contributed by atoms with Crippen molar-refractivity contribution in [2.45, 2.75) is 39.2 Å². The van der Waals surface area contributed by atoms with E-state index < -0.39 is 0 Å². The lowest BCUT2D eigenvalue weighted by Crippen LogP contribution is -2.22. The number of aryl methyl sites for hydroxylation is 2. The van der Waals surface area contributed by atoms with Gasteiger partial charge in [-0.25, -0.2) is 4.98 Å². The second kappa shape index (κ2) is 5.25. The number of anilines is 1. The Hall–Kier alpha value is -1.16. The van der Waals surface area contributed by atoms with Gasteiger partial charge in [0, 0.05) is 12.2 Å². The van der Waals surface area contributed by atoms with Crippen molar-refractivity contribution in [3.8, 4) is 0 Å². The molecular formula is C12H20N4. The summed E-state index contributed by atoms with van der Waals surface area (Å²) in [5.41, 5.74) is 1.96. The van der Waals surface area contributed by atoms with Gasteiger partial charge in [-0.2, -0.15) is 0 Å². The molecule has 0 aliphatic carbocycles. The Morgan fingerprint density at radius 1 is 1.31 bits per heavy atom. The molecular weight excluding hydrogens is 200 g/mol. The van der Waals surface area contributed by atoms with Gasteiger partial charge in [0.15, 0.2) is 0 Å². The monoisotopic (exact) mass is 220 g/mol. The third-order valence-electron chi connectivity index (χ3n) is 2.99. The van der Waals surface area contributed by atoms with E-state index in [0.717, 1.165) is 36.7 Å². The van der Waals surface area contributed by atoms with Crippen molar-refractivity contribution in [1.29, 1.82) is 0 Å². The molecule has 2 heterocycles. The highest BCUT2D eigenvalue weighted by molar-refractivity contribution is 5.40. The number of nitrogens with one attached hydrogen (secondary N) is 2. The second-order valence-electron chi connectivity index (χ2n) is 4.47. The Morgan fingerprint density at radius 2 is 2.19 bits per heavy atom. The van der Waals surface area contributed by atoms with E-state index in [1.54, 1.807) is 0 Å². The largest absolute Gasteiger partial charge is 0.366 e. The van der Waals surface area contributed by atoms with Gasteiger partial charge in [0.2, 0.25) is 0 Å². The van der Waals surface area contributed by atoms with E-state index in [2.05, 4.69) is 20.6 Å². The highest BCUT2D eigenvalue weighted by Gasteiger charge is 2.13. The normalized spacial score (nSPS) is 21.5. The van der Waals surface area contributed by atoms with Crippen LogP contribution in [-0.4, -0.2) is 29.1 Å². The first-order valence-electron chi connectivity index (χ1n) is 6.03. The first-order chi connectivity index (χ1) is 7.75. The minimum Gasteiger partial charge on any atom is -0.366 e. The molecule has 1 fully saturated rings. The maximum Gasteiger partial charge on any atom is 0.147 e. The molecule has 0 bridgehead atoms. The molecule has 0 saturated carbocycles. The number of nitrogens with zero attached hydrogens (tertiary/aromatic N) is 2. The van der Waals surface area contributed by atoms with Gasteiger partial charge in [0.05, 0.1) is 11.4 Å². The van der Waals surface area contributed by atoms with Crippen LogP contribution in [0.5, 0.6) is 0 Å². The Morgan fingerprint density at radius 3 is 3.06 bits per heavy atom. The van der Waals surface area contributed by atoms with Crippen LogP contribution in [0.3, 0.4) is 0 Å². The molecule has 2 N–H and O–H groups in total. The van der Waals surface area contributed by atoms with Crippen molar-refractivity contribution >= 4 is 5.82 Å². The molecule has 1 aliphatic rings. The van der Waals surface area contributed by atoms with Crippen LogP contribution >= 0.6 is 0 Å². The average Bonchev–Trinajstić information content (AvgIpc) is 2.52. The summed E-state index contributed by atoms with van der Waals surface area (Å²) < 4.78 is 0. The SMILES string of the molecule is Cc1cnc(C)c(NC2CCCNCC2)n1. The van der Waals surface area contributed by atoms with Crippen molar-refractivity contribution in [3.63, 3.8) is 0 Å². The van der Waals surface area contributed by atoms with E-state index in [1.807, 2.05) is 20.0 Å². The van der Waals surface area contributed by atoms with Crippen LogP contribution in [-0.2, 0) is 0 Å². The lowest BCUT2D eigenvalue weighted by molar-refractivity contribution is 0.633. The zero-order valence-corrected chi connectivity index (χ0v) is 10.1. The Balaban J connectivity index is 2.04. The summed E-state index contributed by atoms with van der Waals surface area (Å²) in [4.78, 5) is 8.83. The third-order valence-corrected chi connectivity index (χ3v) is 2.99. The minimum absolute atomic E-state index is 0.532. The molecule has 0 radical (unpaired) electrons. The fourth-order valence-electron chi connectivity index (χ4n) is 2.03. The predicted molar refractivity (Wildman–Crippen MR) is 65.6 cm³/mol. The molecule has 1 unspecified atom stereocenters. The zero-order chi connectivity index (χ0) is 11.4. The minimum atomic E-state index is 0.532. The molecule has 4 nitrogen and oxygen atoms in total. The summed E-state index contributed by atoms with van der Waals surface area (Å²) in [5, 5.41) is 6.93. The van der Waals surface area contributed by atoms with Crippen LogP contribution in [0, 0.1) is 13.8 Å². The van der Waals surface area contributed by atoms with Gasteiger partial charge in [-0.3, -0.25) is 4.98 Å². The van der Waals surface area contributed by atoms with Gasteiger partial charge in [0.25, 0.3) is 0 Å². The standard InChI is InChI=1S/C12H20N4/c1-9-8-14-10(2)12(15-9)16-11-4-3-6-13-7-5-11/h8,11,13H,3-7H2,1-2H3,(H,15,16). The smallest absolute Gasteiger partial charge is 0.147 e. The summed E-state index contributed by atoms with van der Waals surface area (Å²) in [6.07, 6.45) is 5.42. The highest BCUT2D eigenvalue weighted by atomic mass is 15.1. The molecule has 0 aromatic carbocycles. The van der Waals surface area contributed by atoms with E-state index in [1.165, 1.54) is 12.8 Å². The molecule has 16 heavy (non-hydrogen) atoms. The maximum atomic E-state index is 4.50. The van der Waals surface area contributed by atoms with E-state index in [-0.39, 0.29) is 0 Å². The number of aromatic nitrogens is 2. The molecule has 2 rings (SSSR count). The topological polar surface area (TPSA) is 49.8 Å². The zero-order valence-electron chi connectivity index (χ0n) is 10.1. The summed E-state index contributed by atoms with van der Waals surface area (Å²) >= 11 is 0. The van der Waals surface area contributed by atoms with E-state index >= 15 is 0 Å². The van der Waals surface area contributed by atoms with Crippen molar-refractivity contribution in [2.75, 3.05) is 18.4 Å². The Labute approximate surface area is 96.9 Å². The number of hydrogen-bond donors (Lipinski definition) is 2. The van der Waals surface area contributed by atoms with Crippen LogP contribution in [0.1, 0.15) is 30.7 Å². The summed E-state index contributed by atoms with van der Waals surface area (Å²) in [6.45, 7) is 6.21. The van der Waals surface area contributed by atoms with E-state index in [0.29, 0.717) is 6.04 Å². The van der Waals surface area contributed by atoms with Crippen LogP contribution in [0.15, 0.2) is 6.20 Å². The van der Waals surface area contributed by atoms with Crippen LogP contribution in [0.25, 0.3) is 0 Å². The van der Waals surface area contributed by atoms with Crippen molar-refractivity contribution in [2.24, 2.45) is 0 Å². The fraction of sp³-hybridized carbons (Fsp3) is 0.667. The summed E-state index contributed by atoms with van der Waals surface area (Å²) in [7, 11) is 0. The van der Waals surface area contributed by atoms with Gasteiger partial charge < -0.3 is 10.6 Å². The molecule has 0 spiro atoms. The molecule has 4 heteroatoms.